The highest BCUT2D eigenvalue weighted by Crippen LogP contribution is 2.52. The molecule has 4 heteroatoms. The fraction of sp³-hybridized carbons (Fsp3) is 0.211. The number of nitrogens with zero attached hydrogens (tertiary/aromatic N) is 1. The van der Waals surface area contributed by atoms with Crippen LogP contribution in [0.1, 0.15) is 64.5 Å². The second kappa shape index (κ2) is 9.96. The smallest absolute Gasteiger partial charge is 0.335 e. The molecule has 0 saturated carbocycles. The highest BCUT2D eigenvalue weighted by atomic mass is 35.5. The molecule has 1 N–H and O–H groups in total. The third-order valence-corrected chi connectivity index (χ3v) is 10.00. The van der Waals surface area contributed by atoms with Gasteiger partial charge < -0.3 is 5.11 Å². The van der Waals surface area contributed by atoms with Gasteiger partial charge in [0.1, 0.15) is 0 Å². The molecule has 0 aromatic heterocycles. The topological polar surface area (TPSA) is 49.7 Å². The maximum Gasteiger partial charge on any atom is 0.335 e. The van der Waals surface area contributed by atoms with Crippen LogP contribution in [0.2, 0.25) is 0 Å². The van der Waals surface area contributed by atoms with E-state index in [2.05, 4.69) is 66.7 Å². The summed E-state index contributed by atoms with van der Waals surface area (Å²) in [4.78, 5) is 17.6. The van der Waals surface area contributed by atoms with Crippen molar-refractivity contribution >= 4 is 51.4 Å². The number of carboxylic acid groups (broad SMARTS) is 1. The van der Waals surface area contributed by atoms with Gasteiger partial charge in [-0.05, 0) is 94.8 Å². The van der Waals surface area contributed by atoms with E-state index >= 15 is 0 Å². The van der Waals surface area contributed by atoms with Crippen LogP contribution in [-0.4, -0.2) is 16.8 Å². The summed E-state index contributed by atoms with van der Waals surface area (Å²) >= 11 is 6.40. The molecule has 4 aromatic carbocycles. The van der Waals surface area contributed by atoms with Gasteiger partial charge in [0.05, 0.1) is 17.0 Å². The number of allylic oxidation sites excluding steroid dienone is 3. The summed E-state index contributed by atoms with van der Waals surface area (Å²) in [5, 5.41) is 13.8. The summed E-state index contributed by atoms with van der Waals surface area (Å²) in [7, 11) is 0. The Kier molecular flexibility index (Phi) is 6.05. The van der Waals surface area contributed by atoms with Crippen LogP contribution in [0.5, 0.6) is 0 Å². The highest BCUT2D eigenvalue weighted by Gasteiger charge is 2.41. The molecule has 3 atom stereocenters. The Morgan fingerprint density at radius 3 is 2.50 bits per heavy atom. The van der Waals surface area contributed by atoms with Gasteiger partial charge in [-0.15, -0.1) is 0 Å². The van der Waals surface area contributed by atoms with Gasteiger partial charge >= 0.3 is 5.97 Å². The van der Waals surface area contributed by atoms with Crippen LogP contribution in [0.3, 0.4) is 0 Å². The molecule has 0 saturated heterocycles. The van der Waals surface area contributed by atoms with Crippen LogP contribution in [0.15, 0.2) is 107 Å². The number of para-hydroxylation sites is 1. The summed E-state index contributed by atoms with van der Waals surface area (Å²) in [6.45, 7) is 0. The molecule has 0 bridgehead atoms. The second-order valence-electron chi connectivity index (χ2n) is 11.9. The van der Waals surface area contributed by atoms with Crippen molar-refractivity contribution in [1.29, 1.82) is 0 Å². The normalized spacial score (nSPS) is 21.2. The number of rotatable bonds is 4. The molecule has 206 valence electrons. The lowest BCUT2D eigenvalue weighted by molar-refractivity contribution is -0.132. The minimum absolute atomic E-state index is 0.0492. The molecule has 1 aliphatic heterocycles. The third kappa shape index (κ3) is 4.02. The van der Waals surface area contributed by atoms with Gasteiger partial charge in [0.25, 0.3) is 0 Å². The molecule has 4 aromatic rings. The lowest BCUT2D eigenvalue weighted by atomic mass is 9.65. The van der Waals surface area contributed by atoms with E-state index in [1.807, 2.05) is 30.4 Å². The van der Waals surface area contributed by atoms with Crippen LogP contribution in [0.25, 0.3) is 22.4 Å². The van der Waals surface area contributed by atoms with Gasteiger partial charge in [-0.25, -0.2) is 4.79 Å². The van der Waals surface area contributed by atoms with Crippen molar-refractivity contribution in [1.82, 2.24) is 0 Å². The first-order valence-corrected chi connectivity index (χ1v) is 15.3. The summed E-state index contributed by atoms with van der Waals surface area (Å²) in [5.74, 6) is -0.772. The Labute approximate surface area is 250 Å². The quantitative estimate of drug-likeness (QED) is 0.267. The van der Waals surface area contributed by atoms with E-state index in [0.29, 0.717) is 5.57 Å². The van der Waals surface area contributed by atoms with Gasteiger partial charge in [0.15, 0.2) is 0 Å². The molecule has 8 rings (SSSR count). The van der Waals surface area contributed by atoms with Gasteiger partial charge in [-0.1, -0.05) is 90.5 Å². The van der Waals surface area contributed by atoms with Crippen LogP contribution in [0.4, 0.5) is 5.69 Å². The fourth-order valence-electron chi connectivity index (χ4n) is 7.90. The van der Waals surface area contributed by atoms with Gasteiger partial charge in [0, 0.05) is 28.0 Å². The average molecular weight is 568 g/mol. The lowest BCUT2D eigenvalue weighted by Crippen LogP contribution is -2.30. The first-order chi connectivity index (χ1) is 20.6. The first kappa shape index (κ1) is 25.5. The molecule has 0 spiro atoms. The zero-order chi connectivity index (χ0) is 28.4. The van der Waals surface area contributed by atoms with Gasteiger partial charge in [-0.3, -0.25) is 4.99 Å². The Hall–Kier alpha value is -4.21. The first-order valence-electron chi connectivity index (χ1n) is 14.9. The van der Waals surface area contributed by atoms with Crippen LogP contribution in [-0.2, 0) is 17.6 Å². The van der Waals surface area contributed by atoms with E-state index in [1.165, 1.54) is 38.6 Å². The largest absolute Gasteiger partial charge is 0.478 e. The zero-order valence-corrected chi connectivity index (χ0v) is 23.9. The molecule has 0 amide bonds. The standard InChI is InChI=1S/C38H30ClNO2/c39-25-14-16-26-23(19-25)13-15-29-27-10-6-11-32(30(27)18-17-28(26)29)36(22-7-2-1-3-8-22)34-21-24(38(41)42)20-33-31-9-4-5-12-35(31)40-37(33)34/h1-5,7-9,12-13,15,17-21,32,34,36H,6,10-11,14,16H2,(H,41,42). The molecule has 4 aliphatic rings. The third-order valence-electron chi connectivity index (χ3n) is 9.70. The maximum atomic E-state index is 12.5. The van der Waals surface area contributed by atoms with E-state index in [1.54, 1.807) is 0 Å². The Balaban J connectivity index is 1.31. The van der Waals surface area contributed by atoms with Crippen molar-refractivity contribution in [3.8, 4) is 0 Å². The second-order valence-corrected chi connectivity index (χ2v) is 12.4. The highest BCUT2D eigenvalue weighted by molar-refractivity contribution is 6.33. The van der Waals surface area contributed by atoms with Crippen LogP contribution < -0.4 is 0 Å². The number of aliphatic carboxylic acids is 1. The SMILES string of the molecule is O=C(O)C1=CC(C(c2ccccc2)C2CCCc3c2ccc2c4c(ccc32)C=C(Cl)CC4)C2=Nc3ccccc3C2=C1. The van der Waals surface area contributed by atoms with E-state index in [9.17, 15) is 9.90 Å². The van der Waals surface area contributed by atoms with Gasteiger partial charge in [0.2, 0.25) is 0 Å². The van der Waals surface area contributed by atoms with Gasteiger partial charge in [-0.2, -0.15) is 0 Å². The molecule has 0 fully saturated rings. The van der Waals surface area contributed by atoms with Crippen molar-refractivity contribution in [2.45, 2.75) is 43.9 Å². The molecule has 3 nitrogen and oxygen atoms in total. The monoisotopic (exact) mass is 567 g/mol. The van der Waals surface area contributed by atoms with Crippen LogP contribution >= 0.6 is 11.6 Å². The van der Waals surface area contributed by atoms with Crippen LogP contribution in [0, 0.1) is 5.92 Å². The molecule has 3 unspecified atom stereocenters. The fourth-order valence-corrected chi connectivity index (χ4v) is 8.11. The maximum absolute atomic E-state index is 12.5. The number of carbonyl (C=O) groups is 1. The number of halogens is 1. The minimum atomic E-state index is -0.892. The summed E-state index contributed by atoms with van der Waals surface area (Å²) < 4.78 is 0. The molecule has 3 aliphatic carbocycles. The summed E-state index contributed by atoms with van der Waals surface area (Å²) in [6, 6.07) is 28.0. The summed E-state index contributed by atoms with van der Waals surface area (Å²) in [6.07, 6.45) is 11.0. The van der Waals surface area contributed by atoms with E-state index in [0.717, 1.165) is 59.7 Å². The number of benzene rings is 4. The van der Waals surface area contributed by atoms with Crippen molar-refractivity contribution in [2.24, 2.45) is 10.9 Å². The number of aryl methyl sites for hydroxylation is 2. The average Bonchev–Trinajstić information content (AvgIpc) is 3.40. The zero-order valence-electron chi connectivity index (χ0n) is 23.2. The number of aliphatic imine (C=N–C) groups is 1. The number of carboxylic acids is 1. The minimum Gasteiger partial charge on any atom is -0.478 e. The Morgan fingerprint density at radius 2 is 1.64 bits per heavy atom. The van der Waals surface area contributed by atoms with Crippen molar-refractivity contribution in [3.63, 3.8) is 0 Å². The Bertz CT molecular complexity index is 1910. The predicted octanol–water partition coefficient (Wildman–Crippen LogP) is 9.38. The Morgan fingerprint density at radius 1 is 0.857 bits per heavy atom. The molecule has 42 heavy (non-hydrogen) atoms. The van der Waals surface area contributed by atoms with E-state index in [4.69, 9.17) is 16.6 Å². The summed E-state index contributed by atoms with van der Waals surface area (Å²) in [5.41, 5.74) is 10.9. The van der Waals surface area contributed by atoms with E-state index < -0.39 is 5.97 Å². The van der Waals surface area contributed by atoms with Crippen molar-refractivity contribution in [3.05, 3.63) is 135 Å². The predicted molar refractivity (Wildman–Crippen MR) is 172 cm³/mol. The van der Waals surface area contributed by atoms with Crippen molar-refractivity contribution < 1.29 is 9.90 Å². The lowest BCUT2D eigenvalue weighted by Gasteiger charge is -2.38. The molecule has 1 heterocycles. The van der Waals surface area contributed by atoms with Crippen molar-refractivity contribution in [2.75, 3.05) is 0 Å². The number of hydrogen-bond donors (Lipinski definition) is 1. The molecular weight excluding hydrogens is 538 g/mol. The molecular formula is C38H30ClNO2. The van der Waals surface area contributed by atoms with E-state index in [-0.39, 0.29) is 17.8 Å². The number of hydrogen-bond acceptors (Lipinski definition) is 2. The number of fused-ring (bicyclic) bond motifs is 8. The molecule has 0 radical (unpaired) electrons.